The van der Waals surface area contributed by atoms with Crippen molar-refractivity contribution in [2.24, 2.45) is 0 Å². The summed E-state index contributed by atoms with van der Waals surface area (Å²) in [5.41, 5.74) is 0.709. The molecule has 0 unspecified atom stereocenters. The molecular weight excluding hydrogens is 434 g/mol. The van der Waals surface area contributed by atoms with Crippen molar-refractivity contribution in [1.82, 2.24) is 5.32 Å². The molecule has 3 aromatic rings. The van der Waals surface area contributed by atoms with Gasteiger partial charge in [0.05, 0.1) is 20.3 Å². The fourth-order valence-electron chi connectivity index (χ4n) is 2.47. The number of methoxy groups -OCH3 is 1. The van der Waals surface area contributed by atoms with Gasteiger partial charge >= 0.3 is 5.63 Å². The lowest BCUT2D eigenvalue weighted by molar-refractivity contribution is 0.0897. The molecule has 0 radical (unpaired) electrons. The van der Waals surface area contributed by atoms with Gasteiger partial charge < -0.3 is 24.3 Å². The molecule has 0 saturated carbocycles. The first-order valence-corrected chi connectivity index (χ1v) is 11.2. The number of carbonyl (C=O) groups excluding carboxylic acids is 1. The molecule has 3 rings (SSSR count). The van der Waals surface area contributed by atoms with Gasteiger partial charge in [-0.2, -0.15) is 0 Å². The molecule has 0 aliphatic rings. The lowest BCUT2D eigenvalue weighted by atomic mass is 10.1. The normalized spacial score (nSPS) is 9.24. The molecule has 2 aromatic carbocycles. The number of carbonyl (C=O) groups is 1. The summed E-state index contributed by atoms with van der Waals surface area (Å²) in [6.07, 6.45) is 1.75. The molecule has 1 aromatic heterocycles. The van der Waals surface area contributed by atoms with Crippen molar-refractivity contribution in [3.63, 3.8) is 0 Å². The van der Waals surface area contributed by atoms with Gasteiger partial charge in [0.25, 0.3) is 5.91 Å². The molecule has 0 aliphatic carbocycles. The highest BCUT2D eigenvalue weighted by molar-refractivity contribution is 5.96. The molecule has 7 heteroatoms. The Morgan fingerprint density at radius 3 is 2.35 bits per heavy atom. The van der Waals surface area contributed by atoms with Gasteiger partial charge in [-0.25, -0.2) is 4.79 Å². The van der Waals surface area contributed by atoms with Crippen molar-refractivity contribution in [1.29, 1.82) is 0 Å². The number of hydrogen-bond donors (Lipinski definition) is 2. The summed E-state index contributed by atoms with van der Waals surface area (Å²) in [5, 5.41) is 10.9. The molecule has 0 spiro atoms. The Labute approximate surface area is 202 Å². The second-order valence-electron chi connectivity index (χ2n) is 6.37. The topological polar surface area (TPSA) is 98.0 Å². The van der Waals surface area contributed by atoms with Gasteiger partial charge in [0.2, 0.25) is 0 Å². The number of aliphatic hydroxyl groups is 1. The third-order valence-electron chi connectivity index (χ3n) is 3.83. The Morgan fingerprint density at radius 1 is 1.15 bits per heavy atom. The van der Waals surface area contributed by atoms with Crippen LogP contribution in [0.3, 0.4) is 0 Å². The summed E-state index contributed by atoms with van der Waals surface area (Å²) in [5.74, 6) is 0.0909. The van der Waals surface area contributed by atoms with Gasteiger partial charge in [0, 0.05) is 24.6 Å². The van der Waals surface area contributed by atoms with Crippen LogP contribution in [0.25, 0.3) is 11.0 Å². The van der Waals surface area contributed by atoms with Crippen LogP contribution in [-0.4, -0.2) is 37.9 Å². The molecule has 7 nitrogen and oxygen atoms in total. The lowest BCUT2D eigenvalue weighted by Gasteiger charge is -2.07. The van der Waals surface area contributed by atoms with E-state index in [0.29, 0.717) is 36.5 Å². The minimum Gasteiger partial charge on any atom is -0.497 e. The van der Waals surface area contributed by atoms with Gasteiger partial charge in [0.1, 0.15) is 16.9 Å². The average Bonchev–Trinajstić information content (AvgIpc) is 2.85. The molecule has 0 bridgehead atoms. The van der Waals surface area contributed by atoms with E-state index in [-0.39, 0.29) is 12.2 Å². The number of ether oxygens (including phenoxy) is 2. The Morgan fingerprint density at radius 2 is 1.76 bits per heavy atom. The van der Waals surface area contributed by atoms with Crippen molar-refractivity contribution < 1.29 is 23.8 Å². The fourth-order valence-corrected chi connectivity index (χ4v) is 2.47. The second kappa shape index (κ2) is 19.1. The van der Waals surface area contributed by atoms with Gasteiger partial charge in [-0.15, -0.1) is 6.58 Å². The Kier molecular flexibility index (Phi) is 17.2. The van der Waals surface area contributed by atoms with Crippen LogP contribution < -0.4 is 15.7 Å². The number of fused-ring (bicyclic) bond motifs is 1. The zero-order valence-electron chi connectivity index (χ0n) is 20.8. The largest absolute Gasteiger partial charge is 0.497 e. The number of hydrogen-bond acceptors (Lipinski definition) is 6. The van der Waals surface area contributed by atoms with Crippen molar-refractivity contribution in [2.75, 3.05) is 26.9 Å². The predicted molar refractivity (Wildman–Crippen MR) is 137 cm³/mol. The number of allylic oxidation sites excluding steroid dienone is 1. The van der Waals surface area contributed by atoms with Crippen LogP contribution in [0, 0.1) is 0 Å². The Hall–Kier alpha value is -3.42. The number of aliphatic hydroxyl groups excluding tert-OH is 1. The van der Waals surface area contributed by atoms with E-state index in [0.717, 1.165) is 5.56 Å². The lowest BCUT2D eigenvalue weighted by Crippen LogP contribution is -2.30. The van der Waals surface area contributed by atoms with Crippen molar-refractivity contribution in [3.05, 3.63) is 88.8 Å². The maximum atomic E-state index is 12.2. The Balaban J connectivity index is 0.00000121. The van der Waals surface area contributed by atoms with Crippen LogP contribution >= 0.6 is 0 Å². The maximum absolute atomic E-state index is 12.2. The molecule has 0 saturated heterocycles. The molecule has 34 heavy (non-hydrogen) atoms. The van der Waals surface area contributed by atoms with Crippen LogP contribution in [0.5, 0.6) is 5.75 Å². The molecular formula is C27H37NO6. The summed E-state index contributed by atoms with van der Waals surface area (Å²) in [6.45, 7) is 12.3. The van der Waals surface area contributed by atoms with E-state index in [4.69, 9.17) is 19.0 Å². The smallest absolute Gasteiger partial charge is 0.349 e. The SMILES string of the molecule is C=CC.CC.CCO.COc1ccc2cc(C(=O)NCCOCc3ccccc3)c(=O)oc2c1. The summed E-state index contributed by atoms with van der Waals surface area (Å²) in [7, 11) is 1.53. The van der Waals surface area contributed by atoms with Gasteiger partial charge in [-0.1, -0.05) is 50.3 Å². The molecule has 0 atom stereocenters. The molecule has 1 heterocycles. The van der Waals surface area contributed by atoms with E-state index in [1.807, 2.05) is 51.1 Å². The van der Waals surface area contributed by atoms with Crippen LogP contribution in [-0.2, 0) is 11.3 Å². The fraction of sp³-hybridized carbons (Fsp3) is 0.333. The Bertz CT molecular complexity index is 1010. The highest BCUT2D eigenvalue weighted by Crippen LogP contribution is 2.20. The first kappa shape index (κ1) is 30.6. The van der Waals surface area contributed by atoms with E-state index in [1.165, 1.54) is 13.2 Å². The van der Waals surface area contributed by atoms with Crippen LogP contribution in [0.4, 0.5) is 0 Å². The minimum atomic E-state index is -0.687. The van der Waals surface area contributed by atoms with Crippen molar-refractivity contribution in [3.8, 4) is 5.75 Å². The summed E-state index contributed by atoms with van der Waals surface area (Å²) < 4.78 is 15.8. The predicted octanol–water partition coefficient (Wildman–Crippen LogP) is 4.97. The third kappa shape index (κ3) is 11.4. The molecule has 1 amide bonds. The second-order valence-corrected chi connectivity index (χ2v) is 6.37. The van der Waals surface area contributed by atoms with E-state index in [1.54, 1.807) is 31.2 Å². The van der Waals surface area contributed by atoms with E-state index >= 15 is 0 Å². The average molecular weight is 472 g/mol. The van der Waals surface area contributed by atoms with Gasteiger partial charge in [0.15, 0.2) is 0 Å². The number of benzene rings is 2. The summed E-state index contributed by atoms with van der Waals surface area (Å²) in [4.78, 5) is 24.3. The molecule has 2 N–H and O–H groups in total. The molecule has 0 aliphatic heterocycles. The first-order chi connectivity index (χ1) is 16.5. The van der Waals surface area contributed by atoms with Crippen LogP contribution in [0.1, 0.15) is 43.6 Å². The van der Waals surface area contributed by atoms with Crippen LogP contribution in [0.15, 0.2) is 76.5 Å². The van der Waals surface area contributed by atoms with E-state index < -0.39 is 11.5 Å². The number of nitrogens with one attached hydrogen (secondary N) is 1. The first-order valence-electron chi connectivity index (χ1n) is 11.2. The number of rotatable bonds is 7. The van der Waals surface area contributed by atoms with Gasteiger partial charge in [-0.3, -0.25) is 4.79 Å². The zero-order valence-corrected chi connectivity index (χ0v) is 20.8. The molecule has 0 fully saturated rings. The minimum absolute atomic E-state index is 0.0364. The standard InChI is InChI=1S/C20H19NO5.C3H6.C2H6O.C2H6/c1-24-16-8-7-15-11-17(20(23)26-18(15)12-16)19(22)21-9-10-25-13-14-5-3-2-4-6-14;1-3-2;1-2-3;1-2/h2-8,11-12H,9-10,13H2,1H3,(H,21,22);3H,1H2,2H3;3H,2H2,1H3;1-2H3. The third-order valence-corrected chi connectivity index (χ3v) is 3.83. The van der Waals surface area contributed by atoms with E-state index in [9.17, 15) is 9.59 Å². The zero-order chi connectivity index (χ0) is 25.8. The highest BCUT2D eigenvalue weighted by atomic mass is 16.5. The summed E-state index contributed by atoms with van der Waals surface area (Å²) >= 11 is 0. The van der Waals surface area contributed by atoms with Crippen molar-refractivity contribution in [2.45, 2.75) is 34.3 Å². The van der Waals surface area contributed by atoms with Gasteiger partial charge in [-0.05, 0) is 37.6 Å². The quantitative estimate of drug-likeness (QED) is 0.287. The maximum Gasteiger partial charge on any atom is 0.349 e. The van der Waals surface area contributed by atoms with E-state index in [2.05, 4.69) is 11.9 Å². The monoisotopic (exact) mass is 471 g/mol. The number of amides is 1. The van der Waals surface area contributed by atoms with Crippen molar-refractivity contribution >= 4 is 16.9 Å². The molecule has 186 valence electrons. The highest BCUT2D eigenvalue weighted by Gasteiger charge is 2.13. The summed E-state index contributed by atoms with van der Waals surface area (Å²) in [6, 6.07) is 16.3. The van der Waals surface area contributed by atoms with Crippen LogP contribution in [0.2, 0.25) is 0 Å².